The quantitative estimate of drug-likeness (QED) is 0.481. The third-order valence-electron chi connectivity index (χ3n) is 4.89. The molecule has 10 heteroatoms. The predicted octanol–water partition coefficient (Wildman–Crippen LogP) is 2.38. The zero-order chi connectivity index (χ0) is 23.1. The zero-order valence-electron chi connectivity index (χ0n) is 17.0. The van der Waals surface area contributed by atoms with Crippen LogP contribution in [0.3, 0.4) is 0 Å². The van der Waals surface area contributed by atoms with E-state index in [1.165, 1.54) is 0 Å². The molecule has 2 aromatic carbocycles. The molecule has 0 bridgehead atoms. The minimum atomic E-state index is -3.88. The minimum absolute atomic E-state index is 0.0431. The van der Waals surface area contributed by atoms with E-state index >= 15 is 0 Å². The number of hydrogen-bond acceptors (Lipinski definition) is 5. The Bertz CT molecular complexity index is 952. The van der Waals surface area contributed by atoms with Crippen LogP contribution in [-0.2, 0) is 19.1 Å². The summed E-state index contributed by atoms with van der Waals surface area (Å²) in [5, 5.41) is 12.2. The van der Waals surface area contributed by atoms with Gasteiger partial charge >= 0.3 is 18.0 Å². The van der Waals surface area contributed by atoms with Crippen molar-refractivity contribution < 1.29 is 37.7 Å². The highest BCUT2D eigenvalue weighted by molar-refractivity contribution is 5.84. The average Bonchev–Trinajstić information content (AvgIpc) is 3.09. The van der Waals surface area contributed by atoms with Crippen LogP contribution in [0, 0.1) is 0 Å². The van der Waals surface area contributed by atoms with Gasteiger partial charge in [0.25, 0.3) is 5.91 Å². The largest absolute Gasteiger partial charge is 0.480 e. The predicted molar refractivity (Wildman–Crippen MR) is 109 cm³/mol. The van der Waals surface area contributed by atoms with Crippen molar-refractivity contribution in [3.8, 4) is 11.1 Å². The van der Waals surface area contributed by atoms with E-state index < -0.39 is 37.0 Å². The van der Waals surface area contributed by atoms with Gasteiger partial charge in [-0.15, -0.1) is 0 Å². The Morgan fingerprint density at radius 2 is 1.56 bits per heavy atom. The van der Waals surface area contributed by atoms with Crippen molar-refractivity contribution in [1.82, 2.24) is 10.6 Å². The molecule has 8 nitrogen and oxygen atoms in total. The highest BCUT2D eigenvalue weighted by Gasteiger charge is 2.39. The molecule has 0 unspecified atom stereocenters. The number of hydrogen-bond donors (Lipinski definition) is 3. The summed E-state index contributed by atoms with van der Waals surface area (Å²) in [6.45, 7) is -2.43. The Balaban J connectivity index is 1.47. The first-order valence-corrected chi connectivity index (χ1v) is 9.84. The number of alkyl halides is 2. The second-order valence-corrected chi connectivity index (χ2v) is 7.09. The number of carboxylic acids is 1. The molecule has 0 radical (unpaired) electrons. The molecule has 2 aromatic rings. The third kappa shape index (κ3) is 5.58. The fourth-order valence-corrected chi connectivity index (χ4v) is 3.44. The van der Waals surface area contributed by atoms with E-state index in [0.717, 1.165) is 22.3 Å². The van der Waals surface area contributed by atoms with Gasteiger partial charge in [-0.1, -0.05) is 48.5 Å². The Hall–Kier alpha value is -3.53. The van der Waals surface area contributed by atoms with Gasteiger partial charge in [-0.3, -0.25) is 4.79 Å². The van der Waals surface area contributed by atoms with Crippen molar-refractivity contribution in [2.45, 2.75) is 11.8 Å². The summed E-state index contributed by atoms with van der Waals surface area (Å²) in [6, 6.07) is 15.4. The highest BCUT2D eigenvalue weighted by atomic mass is 19.3. The fourth-order valence-electron chi connectivity index (χ4n) is 3.44. The first-order valence-electron chi connectivity index (χ1n) is 9.84. The van der Waals surface area contributed by atoms with Crippen molar-refractivity contribution in [1.29, 1.82) is 0 Å². The van der Waals surface area contributed by atoms with Crippen molar-refractivity contribution in [3.63, 3.8) is 0 Å². The van der Waals surface area contributed by atoms with Crippen LogP contribution in [0.4, 0.5) is 13.6 Å². The van der Waals surface area contributed by atoms with Crippen LogP contribution < -0.4 is 10.6 Å². The van der Waals surface area contributed by atoms with Crippen LogP contribution in [0.25, 0.3) is 11.1 Å². The molecule has 0 aliphatic heterocycles. The van der Waals surface area contributed by atoms with Gasteiger partial charge in [-0.25, -0.2) is 9.59 Å². The minimum Gasteiger partial charge on any atom is -0.480 e. The van der Waals surface area contributed by atoms with E-state index in [0.29, 0.717) is 0 Å². The summed E-state index contributed by atoms with van der Waals surface area (Å²) in [6.07, 6.45) is -1.07. The lowest BCUT2D eigenvalue weighted by atomic mass is 9.98. The van der Waals surface area contributed by atoms with Crippen molar-refractivity contribution >= 4 is 18.0 Å². The number of nitrogens with one attached hydrogen (secondary N) is 2. The number of alkyl carbamates (subject to hydrolysis) is 1. The average molecular weight is 448 g/mol. The molecule has 0 fully saturated rings. The summed E-state index contributed by atoms with van der Waals surface area (Å²) in [5.41, 5.74) is 4.04. The van der Waals surface area contributed by atoms with Gasteiger partial charge in [0.15, 0.2) is 0 Å². The molecule has 3 N–H and O–H groups in total. The standard InChI is InChI=1S/C22H22F2N2O6/c23-22(24,20(29)25-9-10-31-12-19(27)28)13-26-21(30)32-11-18-16-7-3-1-5-14(16)15-6-2-4-8-17(15)18/h1-8,18H,9-13H2,(H,25,29)(H,26,30)(H,27,28). The number of carboxylic acid groups (broad SMARTS) is 1. The van der Waals surface area contributed by atoms with E-state index in [2.05, 4.69) is 4.74 Å². The molecule has 0 aromatic heterocycles. The highest BCUT2D eigenvalue weighted by Crippen LogP contribution is 2.44. The lowest BCUT2D eigenvalue weighted by Crippen LogP contribution is -2.48. The number of benzene rings is 2. The van der Waals surface area contributed by atoms with Gasteiger partial charge in [0.2, 0.25) is 0 Å². The molecule has 0 saturated heterocycles. The third-order valence-corrected chi connectivity index (χ3v) is 4.89. The first-order chi connectivity index (χ1) is 15.3. The molecular formula is C22H22F2N2O6. The second kappa shape index (κ2) is 10.2. The zero-order valence-corrected chi connectivity index (χ0v) is 17.0. The van der Waals surface area contributed by atoms with Crippen LogP contribution in [0.5, 0.6) is 0 Å². The normalized spacial score (nSPS) is 12.6. The molecular weight excluding hydrogens is 426 g/mol. The van der Waals surface area contributed by atoms with Crippen molar-refractivity contribution in [2.75, 3.05) is 32.9 Å². The summed E-state index contributed by atoms with van der Waals surface area (Å²) in [5.74, 6) is -6.93. The van der Waals surface area contributed by atoms with Crippen LogP contribution in [0.1, 0.15) is 17.0 Å². The number of halogens is 2. The van der Waals surface area contributed by atoms with E-state index in [-0.39, 0.29) is 25.7 Å². The van der Waals surface area contributed by atoms with E-state index in [9.17, 15) is 23.2 Å². The number of rotatable bonds is 10. The Morgan fingerprint density at radius 1 is 0.969 bits per heavy atom. The van der Waals surface area contributed by atoms with Gasteiger partial charge in [-0.05, 0) is 22.3 Å². The maximum Gasteiger partial charge on any atom is 0.407 e. The molecule has 0 saturated carbocycles. The topological polar surface area (TPSA) is 114 Å². The van der Waals surface area contributed by atoms with Crippen LogP contribution in [0.15, 0.2) is 48.5 Å². The van der Waals surface area contributed by atoms with E-state index in [4.69, 9.17) is 9.84 Å². The summed E-state index contributed by atoms with van der Waals surface area (Å²) in [7, 11) is 0. The Kier molecular flexibility index (Phi) is 7.37. The van der Waals surface area contributed by atoms with Gasteiger partial charge in [0.1, 0.15) is 13.2 Å². The van der Waals surface area contributed by atoms with Gasteiger partial charge in [0.05, 0.1) is 13.2 Å². The van der Waals surface area contributed by atoms with Gasteiger partial charge in [0, 0.05) is 12.5 Å². The molecule has 0 spiro atoms. The lowest BCUT2D eigenvalue weighted by Gasteiger charge is -2.18. The fraction of sp³-hybridized carbons (Fsp3) is 0.318. The molecule has 2 amide bonds. The maximum absolute atomic E-state index is 13.9. The van der Waals surface area contributed by atoms with Gasteiger partial charge in [-0.2, -0.15) is 8.78 Å². The number of ether oxygens (including phenoxy) is 2. The molecule has 1 aliphatic carbocycles. The second-order valence-electron chi connectivity index (χ2n) is 7.09. The molecule has 1 aliphatic rings. The van der Waals surface area contributed by atoms with Crippen molar-refractivity contribution in [3.05, 3.63) is 59.7 Å². The van der Waals surface area contributed by atoms with Crippen LogP contribution in [-0.4, -0.2) is 61.9 Å². The summed E-state index contributed by atoms with van der Waals surface area (Å²) in [4.78, 5) is 33.9. The van der Waals surface area contributed by atoms with Crippen LogP contribution in [0.2, 0.25) is 0 Å². The number of carbonyl (C=O) groups excluding carboxylic acids is 2. The van der Waals surface area contributed by atoms with Crippen molar-refractivity contribution in [2.24, 2.45) is 0 Å². The van der Waals surface area contributed by atoms with Gasteiger partial charge < -0.3 is 25.2 Å². The first kappa shape index (κ1) is 23.1. The Labute approximate surface area is 182 Å². The molecule has 32 heavy (non-hydrogen) atoms. The summed E-state index contributed by atoms with van der Waals surface area (Å²) < 4.78 is 37.7. The van der Waals surface area contributed by atoms with Crippen LogP contribution >= 0.6 is 0 Å². The SMILES string of the molecule is O=C(O)COCCNC(=O)C(F)(F)CNC(=O)OCC1c2ccccc2-c2ccccc21. The lowest BCUT2D eigenvalue weighted by molar-refractivity contribution is -0.145. The molecule has 3 rings (SSSR count). The Morgan fingerprint density at radius 3 is 2.16 bits per heavy atom. The monoisotopic (exact) mass is 448 g/mol. The number of fused-ring (bicyclic) bond motifs is 3. The molecule has 0 atom stereocenters. The molecule has 170 valence electrons. The number of carbonyl (C=O) groups is 3. The molecule has 0 heterocycles. The number of aliphatic carboxylic acids is 1. The smallest absolute Gasteiger partial charge is 0.407 e. The number of amides is 2. The maximum atomic E-state index is 13.9. The summed E-state index contributed by atoms with van der Waals surface area (Å²) >= 11 is 0. The van der Waals surface area contributed by atoms with E-state index in [1.807, 2.05) is 59.2 Å². The van der Waals surface area contributed by atoms with E-state index in [1.54, 1.807) is 0 Å².